The molecule has 2 heterocycles. The standard InChI is InChI=1S/C23H23N3O2/c1-16(21-13-14-27-25-21)26(3)15-22-17(2)28-23(24-22)20-11-9-19(10-12-20)18-7-5-4-6-8-18/h4-14,16H,15H2,1-3H3/t16-/m1/s1. The van der Waals surface area contributed by atoms with Crippen LogP contribution in [0, 0.1) is 6.92 Å². The van der Waals surface area contributed by atoms with Crippen LogP contribution in [0.15, 0.2) is 75.9 Å². The van der Waals surface area contributed by atoms with Crippen molar-refractivity contribution in [2.75, 3.05) is 7.05 Å². The molecule has 0 unspecified atom stereocenters. The second kappa shape index (κ2) is 7.82. The number of aromatic nitrogens is 2. The van der Waals surface area contributed by atoms with E-state index in [0.29, 0.717) is 12.4 Å². The highest BCUT2D eigenvalue weighted by molar-refractivity contribution is 5.67. The first-order chi connectivity index (χ1) is 13.6. The van der Waals surface area contributed by atoms with E-state index >= 15 is 0 Å². The van der Waals surface area contributed by atoms with Crippen LogP contribution in [0.5, 0.6) is 0 Å². The average molecular weight is 373 g/mol. The van der Waals surface area contributed by atoms with Gasteiger partial charge in [-0.1, -0.05) is 47.6 Å². The van der Waals surface area contributed by atoms with Gasteiger partial charge in [0.25, 0.3) is 0 Å². The van der Waals surface area contributed by atoms with Crippen molar-refractivity contribution in [2.24, 2.45) is 0 Å². The van der Waals surface area contributed by atoms with Gasteiger partial charge in [0.15, 0.2) is 0 Å². The first-order valence-electron chi connectivity index (χ1n) is 9.34. The smallest absolute Gasteiger partial charge is 0.226 e. The highest BCUT2D eigenvalue weighted by atomic mass is 16.5. The number of benzene rings is 2. The van der Waals surface area contributed by atoms with Crippen LogP contribution < -0.4 is 0 Å². The van der Waals surface area contributed by atoms with E-state index in [-0.39, 0.29) is 6.04 Å². The Labute approximate surface area is 164 Å². The summed E-state index contributed by atoms with van der Waals surface area (Å²) in [5.74, 6) is 1.48. The molecule has 0 aliphatic heterocycles. The van der Waals surface area contributed by atoms with E-state index in [1.165, 1.54) is 11.1 Å². The fourth-order valence-electron chi connectivity index (χ4n) is 3.17. The molecule has 0 radical (unpaired) electrons. The zero-order chi connectivity index (χ0) is 19.5. The SMILES string of the molecule is Cc1oc(-c2ccc(-c3ccccc3)cc2)nc1CN(C)[C@H](C)c1ccon1. The molecule has 2 aromatic heterocycles. The predicted octanol–water partition coefficient (Wildman–Crippen LogP) is 5.50. The van der Waals surface area contributed by atoms with Gasteiger partial charge in [-0.05, 0) is 44.2 Å². The van der Waals surface area contributed by atoms with E-state index < -0.39 is 0 Å². The van der Waals surface area contributed by atoms with E-state index in [1.54, 1.807) is 6.26 Å². The van der Waals surface area contributed by atoms with Crippen LogP contribution in [-0.2, 0) is 6.54 Å². The quantitative estimate of drug-likeness (QED) is 0.447. The van der Waals surface area contributed by atoms with Crippen molar-refractivity contribution >= 4 is 0 Å². The van der Waals surface area contributed by atoms with Gasteiger partial charge in [-0.3, -0.25) is 4.90 Å². The van der Waals surface area contributed by atoms with Crippen molar-refractivity contribution in [3.05, 3.63) is 84.1 Å². The molecule has 0 N–H and O–H groups in total. The Hall–Kier alpha value is -3.18. The van der Waals surface area contributed by atoms with Gasteiger partial charge in [0.05, 0.1) is 11.7 Å². The van der Waals surface area contributed by atoms with E-state index in [4.69, 9.17) is 13.9 Å². The van der Waals surface area contributed by atoms with Gasteiger partial charge in [-0.25, -0.2) is 4.98 Å². The minimum absolute atomic E-state index is 0.128. The number of oxazole rings is 1. The van der Waals surface area contributed by atoms with Crippen molar-refractivity contribution in [2.45, 2.75) is 26.4 Å². The largest absolute Gasteiger partial charge is 0.441 e. The molecule has 4 aromatic rings. The van der Waals surface area contributed by atoms with Gasteiger partial charge < -0.3 is 8.94 Å². The normalized spacial score (nSPS) is 12.4. The summed E-state index contributed by atoms with van der Waals surface area (Å²) in [6.45, 7) is 4.72. The van der Waals surface area contributed by atoms with Gasteiger partial charge in [-0.15, -0.1) is 0 Å². The minimum Gasteiger partial charge on any atom is -0.441 e. The summed E-state index contributed by atoms with van der Waals surface area (Å²) >= 11 is 0. The van der Waals surface area contributed by atoms with Crippen molar-refractivity contribution < 1.29 is 8.94 Å². The maximum Gasteiger partial charge on any atom is 0.226 e. The molecule has 0 fully saturated rings. The summed E-state index contributed by atoms with van der Waals surface area (Å²) in [5.41, 5.74) is 5.18. The Morgan fingerprint density at radius 1 is 0.929 bits per heavy atom. The summed E-state index contributed by atoms with van der Waals surface area (Å²) in [6.07, 6.45) is 1.60. The number of nitrogens with zero attached hydrogens (tertiary/aromatic N) is 3. The number of rotatable bonds is 6. The predicted molar refractivity (Wildman–Crippen MR) is 108 cm³/mol. The third-order valence-electron chi connectivity index (χ3n) is 5.08. The zero-order valence-electron chi connectivity index (χ0n) is 16.3. The van der Waals surface area contributed by atoms with Crippen molar-refractivity contribution in [1.82, 2.24) is 15.0 Å². The van der Waals surface area contributed by atoms with Crippen LogP contribution in [-0.4, -0.2) is 22.1 Å². The lowest BCUT2D eigenvalue weighted by molar-refractivity contribution is 0.237. The number of hydrogen-bond acceptors (Lipinski definition) is 5. The van der Waals surface area contributed by atoms with E-state index in [0.717, 1.165) is 22.7 Å². The van der Waals surface area contributed by atoms with E-state index in [9.17, 15) is 0 Å². The first kappa shape index (κ1) is 18.2. The molecule has 28 heavy (non-hydrogen) atoms. The third-order valence-corrected chi connectivity index (χ3v) is 5.08. The van der Waals surface area contributed by atoms with Gasteiger partial charge >= 0.3 is 0 Å². The third kappa shape index (κ3) is 3.75. The molecule has 0 aliphatic carbocycles. The fraction of sp³-hybridized carbons (Fsp3) is 0.217. The Morgan fingerprint density at radius 2 is 1.61 bits per heavy atom. The molecule has 4 rings (SSSR count). The zero-order valence-corrected chi connectivity index (χ0v) is 16.3. The second-order valence-electron chi connectivity index (χ2n) is 6.98. The summed E-state index contributed by atoms with van der Waals surface area (Å²) in [4.78, 5) is 6.91. The summed E-state index contributed by atoms with van der Waals surface area (Å²) in [7, 11) is 2.04. The van der Waals surface area contributed by atoms with E-state index in [2.05, 4.69) is 53.4 Å². The monoisotopic (exact) mass is 373 g/mol. The molecule has 0 bridgehead atoms. The molecule has 0 saturated carbocycles. The average Bonchev–Trinajstić information content (AvgIpc) is 3.39. The van der Waals surface area contributed by atoms with E-state index in [1.807, 2.05) is 38.2 Å². The number of hydrogen-bond donors (Lipinski definition) is 0. The topological polar surface area (TPSA) is 55.3 Å². The second-order valence-corrected chi connectivity index (χ2v) is 6.98. The van der Waals surface area contributed by atoms with Crippen LogP contribution in [0.4, 0.5) is 0 Å². The summed E-state index contributed by atoms with van der Waals surface area (Å²) in [6, 6.07) is 20.6. The van der Waals surface area contributed by atoms with Gasteiger partial charge in [0.2, 0.25) is 5.89 Å². The van der Waals surface area contributed by atoms with Gasteiger partial charge in [0.1, 0.15) is 17.7 Å². The van der Waals surface area contributed by atoms with Crippen LogP contribution in [0.1, 0.15) is 30.1 Å². The summed E-state index contributed by atoms with van der Waals surface area (Å²) in [5, 5.41) is 4.03. The summed E-state index contributed by atoms with van der Waals surface area (Å²) < 4.78 is 10.9. The van der Waals surface area contributed by atoms with Crippen LogP contribution in [0.25, 0.3) is 22.6 Å². The molecule has 0 saturated heterocycles. The van der Waals surface area contributed by atoms with Crippen LogP contribution >= 0.6 is 0 Å². The molecule has 0 spiro atoms. The molecule has 142 valence electrons. The molecule has 2 aromatic carbocycles. The molecule has 0 amide bonds. The molecule has 1 atom stereocenters. The Balaban J connectivity index is 1.51. The molecule has 0 aliphatic rings. The molecule has 5 heteroatoms. The highest BCUT2D eigenvalue weighted by Crippen LogP contribution is 2.27. The molecular formula is C23H23N3O2. The molecule has 5 nitrogen and oxygen atoms in total. The van der Waals surface area contributed by atoms with Crippen molar-refractivity contribution in [3.63, 3.8) is 0 Å². The van der Waals surface area contributed by atoms with Crippen LogP contribution in [0.2, 0.25) is 0 Å². The van der Waals surface area contributed by atoms with Crippen LogP contribution in [0.3, 0.4) is 0 Å². The molecular weight excluding hydrogens is 350 g/mol. The van der Waals surface area contributed by atoms with Crippen molar-refractivity contribution in [1.29, 1.82) is 0 Å². The lowest BCUT2D eigenvalue weighted by Gasteiger charge is -2.21. The van der Waals surface area contributed by atoms with Crippen molar-refractivity contribution in [3.8, 4) is 22.6 Å². The first-order valence-corrected chi connectivity index (χ1v) is 9.34. The lowest BCUT2D eigenvalue weighted by Crippen LogP contribution is -2.22. The maximum atomic E-state index is 5.95. The highest BCUT2D eigenvalue weighted by Gasteiger charge is 2.19. The maximum absolute atomic E-state index is 5.95. The Kier molecular flexibility index (Phi) is 5.08. The van der Waals surface area contributed by atoms with Gasteiger partial charge in [0, 0.05) is 18.2 Å². The van der Waals surface area contributed by atoms with Gasteiger partial charge in [-0.2, -0.15) is 0 Å². The number of aryl methyl sites for hydroxylation is 1. The minimum atomic E-state index is 0.128. The fourth-order valence-corrected chi connectivity index (χ4v) is 3.17. The lowest BCUT2D eigenvalue weighted by atomic mass is 10.0. The Morgan fingerprint density at radius 3 is 2.29 bits per heavy atom. The Bertz CT molecular complexity index is 1020.